The summed E-state index contributed by atoms with van der Waals surface area (Å²) in [7, 11) is 0. The summed E-state index contributed by atoms with van der Waals surface area (Å²) in [6.45, 7) is 7.73. The highest BCUT2D eigenvalue weighted by Gasteiger charge is 2.19. The Balaban J connectivity index is 1.81. The van der Waals surface area contributed by atoms with Gasteiger partial charge in [0.25, 0.3) is 0 Å². The van der Waals surface area contributed by atoms with Crippen LogP contribution in [-0.2, 0) is 12.8 Å². The summed E-state index contributed by atoms with van der Waals surface area (Å²) in [6, 6.07) is 0. The average Bonchev–Trinajstić information content (AvgIpc) is 2.76. The third kappa shape index (κ3) is 4.04. The Bertz CT molecular complexity index is 356. The van der Waals surface area contributed by atoms with Crippen LogP contribution in [0.3, 0.4) is 0 Å². The number of hydrogen-bond acceptors (Lipinski definition) is 4. The van der Waals surface area contributed by atoms with Crippen molar-refractivity contribution in [1.29, 1.82) is 0 Å². The molecular formula is C14H24N2OS. The van der Waals surface area contributed by atoms with E-state index in [2.05, 4.69) is 22.2 Å². The molecule has 1 aliphatic rings. The van der Waals surface area contributed by atoms with Crippen molar-refractivity contribution in [2.45, 2.75) is 45.6 Å². The molecule has 0 saturated carbocycles. The summed E-state index contributed by atoms with van der Waals surface area (Å²) in [5.41, 5.74) is 1.05. The van der Waals surface area contributed by atoms with Gasteiger partial charge in [-0.1, -0.05) is 6.92 Å². The molecule has 3 nitrogen and oxygen atoms in total. The Labute approximate surface area is 114 Å². The molecule has 18 heavy (non-hydrogen) atoms. The van der Waals surface area contributed by atoms with E-state index < -0.39 is 0 Å². The van der Waals surface area contributed by atoms with Gasteiger partial charge in [0.1, 0.15) is 0 Å². The molecule has 1 aromatic rings. The van der Waals surface area contributed by atoms with Gasteiger partial charge in [-0.05, 0) is 45.3 Å². The van der Waals surface area contributed by atoms with E-state index in [1.54, 1.807) is 11.3 Å². The van der Waals surface area contributed by atoms with Gasteiger partial charge >= 0.3 is 0 Å². The van der Waals surface area contributed by atoms with Crippen molar-refractivity contribution in [2.75, 3.05) is 19.6 Å². The Morgan fingerprint density at radius 2 is 2.22 bits per heavy atom. The van der Waals surface area contributed by atoms with Gasteiger partial charge in [0.05, 0.1) is 16.8 Å². The number of aliphatic hydroxyl groups excluding tert-OH is 1. The first-order valence-corrected chi connectivity index (χ1v) is 7.89. The first-order chi connectivity index (χ1) is 8.67. The molecule has 0 aliphatic carbocycles. The molecule has 0 spiro atoms. The van der Waals surface area contributed by atoms with Gasteiger partial charge in [0.2, 0.25) is 0 Å². The quantitative estimate of drug-likeness (QED) is 0.890. The van der Waals surface area contributed by atoms with Crippen LogP contribution in [0.5, 0.6) is 0 Å². The van der Waals surface area contributed by atoms with Gasteiger partial charge in [-0.3, -0.25) is 0 Å². The number of piperidine rings is 1. The highest BCUT2D eigenvalue weighted by atomic mass is 32.1. The number of aliphatic hydroxyl groups is 1. The maximum absolute atomic E-state index is 9.35. The fourth-order valence-electron chi connectivity index (χ4n) is 2.59. The highest BCUT2D eigenvalue weighted by molar-refractivity contribution is 7.09. The second kappa shape index (κ2) is 6.64. The normalized spacial score (nSPS) is 20.2. The summed E-state index contributed by atoms with van der Waals surface area (Å²) in [6.07, 6.45) is 4.14. The smallest absolute Gasteiger partial charge is 0.0931 e. The molecule has 0 bridgehead atoms. The number of likely N-dealkylation sites (tertiary alicyclic amines) is 1. The summed E-state index contributed by atoms with van der Waals surface area (Å²) in [4.78, 5) is 7.15. The van der Waals surface area contributed by atoms with Crippen LogP contribution in [-0.4, -0.2) is 40.7 Å². The monoisotopic (exact) mass is 268 g/mol. The van der Waals surface area contributed by atoms with Crippen LogP contribution in [0, 0.1) is 5.92 Å². The highest BCUT2D eigenvalue weighted by Crippen LogP contribution is 2.23. The third-order valence-electron chi connectivity index (χ3n) is 3.72. The molecule has 2 rings (SSSR count). The van der Waals surface area contributed by atoms with Crippen LogP contribution in [0.2, 0.25) is 0 Å². The molecule has 0 radical (unpaired) electrons. The summed E-state index contributed by atoms with van der Waals surface area (Å²) in [5, 5.41) is 12.7. The van der Waals surface area contributed by atoms with E-state index in [9.17, 15) is 5.11 Å². The average molecular weight is 268 g/mol. The predicted molar refractivity (Wildman–Crippen MR) is 76.0 cm³/mol. The number of nitrogens with zero attached hydrogens (tertiary/aromatic N) is 2. The van der Waals surface area contributed by atoms with Crippen molar-refractivity contribution in [2.24, 2.45) is 5.92 Å². The largest absolute Gasteiger partial charge is 0.393 e. The molecule has 1 fully saturated rings. The van der Waals surface area contributed by atoms with E-state index in [0.717, 1.165) is 18.0 Å². The Morgan fingerprint density at radius 3 is 2.83 bits per heavy atom. The summed E-state index contributed by atoms with van der Waals surface area (Å²) in [5.74, 6) is 0.804. The zero-order valence-corrected chi connectivity index (χ0v) is 12.2. The number of hydrogen-bond donors (Lipinski definition) is 1. The third-order valence-corrected chi connectivity index (χ3v) is 4.64. The van der Waals surface area contributed by atoms with E-state index in [1.807, 2.05) is 6.92 Å². The molecule has 102 valence electrons. The van der Waals surface area contributed by atoms with Crippen LogP contribution < -0.4 is 0 Å². The molecule has 0 amide bonds. The van der Waals surface area contributed by atoms with Gasteiger partial charge < -0.3 is 10.0 Å². The Hall–Kier alpha value is -0.450. The van der Waals surface area contributed by atoms with Crippen molar-refractivity contribution in [3.05, 3.63) is 16.1 Å². The van der Waals surface area contributed by atoms with E-state index >= 15 is 0 Å². The lowest BCUT2D eigenvalue weighted by Gasteiger charge is -2.30. The second-order valence-corrected chi connectivity index (χ2v) is 6.31. The van der Waals surface area contributed by atoms with Crippen molar-refractivity contribution >= 4 is 11.3 Å². The molecule has 4 heteroatoms. The van der Waals surface area contributed by atoms with E-state index in [1.165, 1.54) is 37.5 Å². The first-order valence-electron chi connectivity index (χ1n) is 7.01. The molecule has 1 saturated heterocycles. The predicted octanol–water partition coefficient (Wildman–Crippen LogP) is 2.34. The molecular weight excluding hydrogens is 244 g/mol. The van der Waals surface area contributed by atoms with Crippen LogP contribution in [0.25, 0.3) is 0 Å². The van der Waals surface area contributed by atoms with Gasteiger partial charge in [-0.25, -0.2) is 4.98 Å². The minimum Gasteiger partial charge on any atom is -0.393 e. The summed E-state index contributed by atoms with van der Waals surface area (Å²) < 4.78 is 0. The molecule has 1 unspecified atom stereocenters. The van der Waals surface area contributed by atoms with Crippen molar-refractivity contribution in [3.8, 4) is 0 Å². The molecule has 2 heterocycles. The molecule has 0 aromatic carbocycles. The van der Waals surface area contributed by atoms with Crippen LogP contribution >= 0.6 is 11.3 Å². The lowest BCUT2D eigenvalue weighted by atomic mass is 9.94. The van der Waals surface area contributed by atoms with Crippen molar-refractivity contribution < 1.29 is 5.11 Å². The minimum absolute atomic E-state index is 0.284. The zero-order chi connectivity index (χ0) is 13.0. The Kier molecular flexibility index (Phi) is 5.15. The van der Waals surface area contributed by atoms with Gasteiger partial charge in [-0.15, -0.1) is 11.3 Å². The fraction of sp³-hybridized carbons (Fsp3) is 0.786. The topological polar surface area (TPSA) is 36.4 Å². The van der Waals surface area contributed by atoms with Crippen molar-refractivity contribution in [3.63, 3.8) is 0 Å². The minimum atomic E-state index is -0.284. The first kappa shape index (κ1) is 14.0. The van der Waals surface area contributed by atoms with E-state index in [0.29, 0.717) is 6.42 Å². The number of thiazole rings is 1. The maximum Gasteiger partial charge on any atom is 0.0931 e. The molecule has 1 N–H and O–H groups in total. The SMILES string of the molecule is CCN1CCC(Cc2nc(CC(C)O)cs2)CC1. The van der Waals surface area contributed by atoms with Gasteiger partial charge in [0.15, 0.2) is 0 Å². The number of rotatable bonds is 5. The van der Waals surface area contributed by atoms with Crippen LogP contribution in [0.15, 0.2) is 5.38 Å². The Morgan fingerprint density at radius 1 is 1.50 bits per heavy atom. The zero-order valence-electron chi connectivity index (χ0n) is 11.4. The lowest BCUT2D eigenvalue weighted by Crippen LogP contribution is -2.34. The standard InChI is InChI=1S/C14H24N2OS/c1-3-16-6-4-12(5-7-16)9-14-15-13(10-18-14)8-11(2)17/h10-12,17H,3-9H2,1-2H3. The van der Waals surface area contributed by atoms with E-state index in [-0.39, 0.29) is 6.10 Å². The summed E-state index contributed by atoms with van der Waals surface area (Å²) >= 11 is 1.76. The molecule has 1 aliphatic heterocycles. The number of aromatic nitrogens is 1. The van der Waals surface area contributed by atoms with Gasteiger partial charge in [-0.2, -0.15) is 0 Å². The van der Waals surface area contributed by atoms with Crippen LogP contribution in [0.1, 0.15) is 37.4 Å². The van der Waals surface area contributed by atoms with Crippen LogP contribution in [0.4, 0.5) is 0 Å². The molecule has 1 atom stereocenters. The van der Waals surface area contributed by atoms with Crippen molar-refractivity contribution in [1.82, 2.24) is 9.88 Å². The maximum atomic E-state index is 9.35. The van der Waals surface area contributed by atoms with Gasteiger partial charge in [0, 0.05) is 18.2 Å². The fourth-order valence-corrected chi connectivity index (χ4v) is 3.52. The second-order valence-electron chi connectivity index (χ2n) is 5.37. The molecule has 1 aromatic heterocycles. The van der Waals surface area contributed by atoms with E-state index in [4.69, 9.17) is 0 Å². The lowest BCUT2D eigenvalue weighted by molar-refractivity contribution is 0.191.